The minimum atomic E-state index is 0.539. The van der Waals surface area contributed by atoms with Gasteiger partial charge in [0, 0.05) is 4.47 Å². The number of nitrogens with zero attached hydrogens (tertiary/aromatic N) is 1. The lowest BCUT2D eigenvalue weighted by atomic mass is 10.00. The lowest BCUT2D eigenvalue weighted by molar-refractivity contribution is 0.310. The highest BCUT2D eigenvalue weighted by atomic mass is 79.9. The molecule has 0 N–H and O–H groups in total. The van der Waals surface area contributed by atoms with Crippen LogP contribution in [0, 0.1) is 11.3 Å². The molecule has 0 saturated heterocycles. The van der Waals surface area contributed by atoms with E-state index in [1.165, 1.54) is 0 Å². The highest BCUT2D eigenvalue weighted by Crippen LogP contribution is 2.35. The van der Waals surface area contributed by atoms with Crippen LogP contribution >= 0.6 is 15.9 Å². The fourth-order valence-corrected chi connectivity index (χ4v) is 3.22. The first-order valence-corrected chi connectivity index (χ1v) is 9.07. The smallest absolute Gasteiger partial charge is 0.161 e. The summed E-state index contributed by atoms with van der Waals surface area (Å²) < 4.78 is 11.8. The number of hydrogen-bond acceptors (Lipinski definition) is 3. The summed E-state index contributed by atoms with van der Waals surface area (Å²) in [5, 5.41) is 11.9. The van der Waals surface area contributed by atoms with Gasteiger partial charge in [0.05, 0.1) is 25.4 Å². The van der Waals surface area contributed by atoms with Crippen molar-refractivity contribution >= 4 is 38.4 Å². The molecule has 130 valence electrons. The van der Waals surface area contributed by atoms with Crippen LogP contribution < -0.4 is 9.47 Å². The van der Waals surface area contributed by atoms with Crippen LogP contribution in [0.1, 0.15) is 18.1 Å². The molecule has 0 aliphatic rings. The van der Waals surface area contributed by atoms with Crippen LogP contribution in [0.15, 0.2) is 59.1 Å². The number of hydrogen-bond donors (Lipinski definition) is 0. The Morgan fingerprint density at radius 3 is 2.54 bits per heavy atom. The van der Waals surface area contributed by atoms with E-state index in [4.69, 9.17) is 9.47 Å². The minimum absolute atomic E-state index is 0.539. The van der Waals surface area contributed by atoms with Crippen molar-refractivity contribution < 1.29 is 9.47 Å². The third-order valence-corrected chi connectivity index (χ3v) is 4.75. The van der Waals surface area contributed by atoms with Crippen molar-refractivity contribution in [3.63, 3.8) is 0 Å². The van der Waals surface area contributed by atoms with Crippen molar-refractivity contribution in [2.24, 2.45) is 0 Å². The van der Waals surface area contributed by atoms with E-state index >= 15 is 0 Å². The molecule has 0 saturated carbocycles. The van der Waals surface area contributed by atoms with Gasteiger partial charge >= 0.3 is 0 Å². The van der Waals surface area contributed by atoms with Crippen LogP contribution in [0.2, 0.25) is 0 Å². The lowest BCUT2D eigenvalue weighted by Gasteiger charge is -2.12. The van der Waals surface area contributed by atoms with E-state index in [0.717, 1.165) is 26.4 Å². The first-order chi connectivity index (χ1) is 12.7. The molecular formula is C22H18BrNO2. The molecule has 4 heteroatoms. The molecule has 3 rings (SSSR count). The predicted molar refractivity (Wildman–Crippen MR) is 109 cm³/mol. The Balaban J connectivity index is 2.08. The molecule has 0 spiro atoms. The van der Waals surface area contributed by atoms with Gasteiger partial charge in [0.1, 0.15) is 0 Å². The van der Waals surface area contributed by atoms with Crippen molar-refractivity contribution in [2.75, 3.05) is 13.7 Å². The van der Waals surface area contributed by atoms with E-state index in [9.17, 15) is 5.26 Å². The van der Waals surface area contributed by atoms with Crippen LogP contribution in [0.5, 0.6) is 11.5 Å². The average molecular weight is 408 g/mol. The van der Waals surface area contributed by atoms with E-state index in [1.807, 2.05) is 61.5 Å². The average Bonchev–Trinajstić information content (AvgIpc) is 2.67. The summed E-state index contributed by atoms with van der Waals surface area (Å²) in [6.07, 6.45) is 1.86. The minimum Gasteiger partial charge on any atom is -0.493 e. The molecule has 0 atom stereocenters. The molecule has 26 heavy (non-hydrogen) atoms. The molecule has 0 radical (unpaired) electrons. The SMILES string of the molecule is CCOc1cc(/C=C(/C#N)c2ccc3ccccc3c2)c(Br)cc1OC. The van der Waals surface area contributed by atoms with E-state index in [1.54, 1.807) is 7.11 Å². The van der Waals surface area contributed by atoms with Gasteiger partial charge in [-0.15, -0.1) is 0 Å². The fourth-order valence-electron chi connectivity index (χ4n) is 2.78. The maximum absolute atomic E-state index is 9.69. The highest BCUT2D eigenvalue weighted by Gasteiger charge is 2.11. The Hall–Kier alpha value is -2.77. The number of fused-ring (bicyclic) bond motifs is 1. The predicted octanol–water partition coefficient (Wildman–Crippen LogP) is 6.07. The van der Waals surface area contributed by atoms with Crippen molar-refractivity contribution in [2.45, 2.75) is 6.92 Å². The number of methoxy groups -OCH3 is 1. The monoisotopic (exact) mass is 407 g/mol. The molecule has 3 nitrogen and oxygen atoms in total. The lowest BCUT2D eigenvalue weighted by Crippen LogP contribution is -1.96. The van der Waals surface area contributed by atoms with Gasteiger partial charge in [-0.3, -0.25) is 0 Å². The number of rotatable bonds is 5. The van der Waals surface area contributed by atoms with Crippen LogP contribution in [-0.2, 0) is 0 Å². The summed E-state index contributed by atoms with van der Waals surface area (Å²) >= 11 is 3.55. The summed E-state index contributed by atoms with van der Waals surface area (Å²) in [5.41, 5.74) is 2.33. The summed E-state index contributed by atoms with van der Waals surface area (Å²) in [4.78, 5) is 0. The molecule has 0 aliphatic carbocycles. The first-order valence-electron chi connectivity index (χ1n) is 8.27. The molecular weight excluding hydrogens is 390 g/mol. The summed E-state index contributed by atoms with van der Waals surface area (Å²) in [7, 11) is 1.61. The van der Waals surface area contributed by atoms with Crippen molar-refractivity contribution in [1.29, 1.82) is 5.26 Å². The Bertz CT molecular complexity index is 1020. The van der Waals surface area contributed by atoms with Gasteiger partial charge in [-0.1, -0.05) is 52.3 Å². The van der Waals surface area contributed by atoms with Gasteiger partial charge in [-0.25, -0.2) is 0 Å². The van der Waals surface area contributed by atoms with Crippen LogP contribution in [-0.4, -0.2) is 13.7 Å². The maximum Gasteiger partial charge on any atom is 0.161 e. The van der Waals surface area contributed by atoms with Gasteiger partial charge in [-0.05, 0) is 53.1 Å². The van der Waals surface area contributed by atoms with Gasteiger partial charge in [-0.2, -0.15) is 5.26 Å². The van der Waals surface area contributed by atoms with Gasteiger partial charge < -0.3 is 9.47 Å². The quantitative estimate of drug-likeness (QED) is 0.380. The number of ether oxygens (including phenoxy) is 2. The van der Waals surface area contributed by atoms with Gasteiger partial charge in [0.15, 0.2) is 11.5 Å². The molecule has 0 amide bonds. The Kier molecular flexibility index (Phi) is 5.60. The molecule has 0 heterocycles. The van der Waals surface area contributed by atoms with Crippen molar-refractivity contribution in [1.82, 2.24) is 0 Å². The topological polar surface area (TPSA) is 42.2 Å². The zero-order chi connectivity index (χ0) is 18.5. The normalized spacial score (nSPS) is 11.2. The van der Waals surface area contributed by atoms with Crippen LogP contribution in [0.4, 0.5) is 0 Å². The van der Waals surface area contributed by atoms with E-state index in [0.29, 0.717) is 23.7 Å². The van der Waals surface area contributed by atoms with E-state index in [2.05, 4.69) is 28.1 Å². The first kappa shape index (κ1) is 18.0. The van der Waals surface area contributed by atoms with Crippen LogP contribution in [0.25, 0.3) is 22.4 Å². The molecule has 3 aromatic rings. The second-order valence-electron chi connectivity index (χ2n) is 5.69. The highest BCUT2D eigenvalue weighted by molar-refractivity contribution is 9.10. The zero-order valence-corrected chi connectivity index (χ0v) is 16.2. The number of benzene rings is 3. The second kappa shape index (κ2) is 8.07. The Morgan fingerprint density at radius 2 is 1.85 bits per heavy atom. The molecule has 3 aromatic carbocycles. The Labute approximate surface area is 161 Å². The summed E-state index contributed by atoms with van der Waals surface area (Å²) in [5.74, 6) is 1.31. The number of halogens is 1. The zero-order valence-electron chi connectivity index (χ0n) is 14.6. The summed E-state index contributed by atoms with van der Waals surface area (Å²) in [6.45, 7) is 2.46. The molecule has 0 aromatic heterocycles. The Morgan fingerprint density at radius 1 is 1.08 bits per heavy atom. The second-order valence-corrected chi connectivity index (χ2v) is 6.54. The number of nitriles is 1. The molecule has 0 fully saturated rings. The molecule has 0 bridgehead atoms. The van der Waals surface area contributed by atoms with Crippen molar-refractivity contribution in [3.05, 3.63) is 70.2 Å². The summed E-state index contributed by atoms with van der Waals surface area (Å²) in [6, 6.07) is 20.2. The van der Waals surface area contributed by atoms with Crippen LogP contribution in [0.3, 0.4) is 0 Å². The fraction of sp³-hybridized carbons (Fsp3) is 0.136. The third kappa shape index (κ3) is 3.74. The van der Waals surface area contributed by atoms with Gasteiger partial charge in [0.2, 0.25) is 0 Å². The third-order valence-electron chi connectivity index (χ3n) is 4.06. The van der Waals surface area contributed by atoms with Gasteiger partial charge in [0.25, 0.3) is 0 Å². The van der Waals surface area contributed by atoms with Crippen molar-refractivity contribution in [3.8, 4) is 17.6 Å². The molecule has 0 unspecified atom stereocenters. The van der Waals surface area contributed by atoms with E-state index in [-0.39, 0.29) is 0 Å². The molecule has 0 aliphatic heterocycles. The largest absolute Gasteiger partial charge is 0.493 e. The maximum atomic E-state index is 9.69. The standard InChI is InChI=1S/C22H18BrNO2/c1-3-26-22-12-18(20(23)13-21(22)25-2)11-19(14-24)17-9-8-15-6-4-5-7-16(15)10-17/h4-13H,3H2,1-2H3/b19-11-. The van der Waals surface area contributed by atoms with E-state index < -0.39 is 0 Å². The number of allylic oxidation sites excluding steroid dienone is 1.